The summed E-state index contributed by atoms with van der Waals surface area (Å²) in [6.07, 6.45) is 2.61. The molecule has 2 amide bonds. The third-order valence-corrected chi connectivity index (χ3v) is 6.32. The molecule has 2 aromatic heterocycles. The van der Waals surface area contributed by atoms with Crippen molar-refractivity contribution < 1.29 is 9.59 Å². The Bertz CT molecular complexity index is 963. The summed E-state index contributed by atoms with van der Waals surface area (Å²) < 4.78 is 0. The lowest BCUT2D eigenvalue weighted by atomic mass is 9.88. The molecule has 1 unspecified atom stereocenters. The predicted molar refractivity (Wildman–Crippen MR) is 95.3 cm³/mol. The maximum atomic E-state index is 12.4. The predicted octanol–water partition coefficient (Wildman–Crippen LogP) is 2.93. The van der Waals surface area contributed by atoms with E-state index in [1.165, 1.54) is 0 Å². The van der Waals surface area contributed by atoms with Crippen molar-refractivity contribution in [2.24, 2.45) is 0 Å². The second-order valence-corrected chi connectivity index (χ2v) is 7.78. The van der Waals surface area contributed by atoms with Crippen LogP contribution in [-0.4, -0.2) is 17.9 Å². The van der Waals surface area contributed by atoms with Crippen molar-refractivity contribution in [3.8, 4) is 0 Å². The molecule has 0 saturated heterocycles. The van der Waals surface area contributed by atoms with E-state index >= 15 is 0 Å². The van der Waals surface area contributed by atoms with E-state index in [0.29, 0.717) is 6.42 Å². The van der Waals surface area contributed by atoms with Gasteiger partial charge in [-0.25, -0.2) is 0 Å². The van der Waals surface area contributed by atoms with Gasteiger partial charge in [0.1, 0.15) is 0 Å². The number of carbonyl (C=O) groups is 2. The van der Waals surface area contributed by atoms with Crippen LogP contribution in [0.5, 0.6) is 0 Å². The lowest BCUT2D eigenvalue weighted by Crippen LogP contribution is -2.31. The molecule has 5 rings (SSSR count). The number of hydrogen-bond donors (Lipinski definition) is 2. The Morgan fingerprint density at radius 1 is 0.958 bits per heavy atom. The fourth-order valence-corrected chi connectivity index (χ4v) is 5.11. The van der Waals surface area contributed by atoms with Crippen LogP contribution >= 0.6 is 22.7 Å². The number of allylic oxidation sites excluding steroid dienone is 1. The van der Waals surface area contributed by atoms with Crippen molar-refractivity contribution in [1.82, 2.24) is 10.6 Å². The van der Waals surface area contributed by atoms with Crippen LogP contribution in [0.25, 0.3) is 11.1 Å². The van der Waals surface area contributed by atoms with Crippen molar-refractivity contribution in [2.75, 3.05) is 0 Å². The van der Waals surface area contributed by atoms with E-state index in [2.05, 4.69) is 10.6 Å². The molecule has 4 nitrogen and oxygen atoms in total. The minimum atomic E-state index is -0.0592. The Morgan fingerprint density at radius 2 is 1.67 bits per heavy atom. The molecule has 2 aliphatic heterocycles. The lowest BCUT2D eigenvalue weighted by molar-refractivity contribution is -0.115. The van der Waals surface area contributed by atoms with E-state index < -0.39 is 0 Å². The van der Waals surface area contributed by atoms with Gasteiger partial charge in [-0.2, -0.15) is 0 Å². The van der Waals surface area contributed by atoms with Gasteiger partial charge in [0.05, 0.1) is 17.2 Å². The zero-order valence-corrected chi connectivity index (χ0v) is 14.1. The average molecular weight is 352 g/mol. The number of fused-ring (bicyclic) bond motifs is 2. The number of hydrogen-bond acceptors (Lipinski definition) is 4. The van der Waals surface area contributed by atoms with Crippen LogP contribution in [0.1, 0.15) is 16.2 Å². The molecule has 0 spiro atoms. The van der Waals surface area contributed by atoms with Crippen LogP contribution < -0.4 is 10.6 Å². The molecule has 0 bridgehead atoms. The molecule has 6 heteroatoms. The minimum Gasteiger partial charge on any atom is -0.345 e. The van der Waals surface area contributed by atoms with E-state index in [1.54, 1.807) is 22.7 Å². The topological polar surface area (TPSA) is 58.2 Å². The largest absolute Gasteiger partial charge is 0.345 e. The first kappa shape index (κ1) is 13.9. The van der Waals surface area contributed by atoms with E-state index in [9.17, 15) is 9.59 Å². The molecule has 2 N–H and O–H groups in total. The highest BCUT2D eigenvalue weighted by atomic mass is 32.1. The van der Waals surface area contributed by atoms with Gasteiger partial charge < -0.3 is 10.6 Å². The first-order valence-corrected chi connectivity index (χ1v) is 9.37. The minimum absolute atomic E-state index is 0.0288. The van der Waals surface area contributed by atoms with Gasteiger partial charge in [0.2, 0.25) is 0 Å². The summed E-state index contributed by atoms with van der Waals surface area (Å²) >= 11 is 3.12. The molecule has 0 radical (unpaired) electrons. The zero-order chi connectivity index (χ0) is 16.3. The zero-order valence-electron chi connectivity index (χ0n) is 12.5. The van der Waals surface area contributed by atoms with Gasteiger partial charge >= 0.3 is 0 Å². The van der Waals surface area contributed by atoms with E-state index in [1.807, 2.05) is 41.1 Å². The Morgan fingerprint density at radius 3 is 2.33 bits per heavy atom. The maximum Gasteiger partial charge on any atom is 0.257 e. The van der Waals surface area contributed by atoms with Gasteiger partial charge in [-0.3, -0.25) is 9.59 Å². The van der Waals surface area contributed by atoms with Crippen molar-refractivity contribution in [3.63, 3.8) is 0 Å². The Kier molecular flexibility index (Phi) is 2.92. The lowest BCUT2D eigenvalue weighted by Gasteiger charge is -2.21. The van der Waals surface area contributed by atoms with Gasteiger partial charge in [0, 0.05) is 15.5 Å². The van der Waals surface area contributed by atoms with Crippen molar-refractivity contribution in [2.45, 2.75) is 12.5 Å². The molecule has 3 aliphatic rings. The fraction of sp³-hybridized carbons (Fsp3) is 0.111. The van der Waals surface area contributed by atoms with Gasteiger partial charge in [0.15, 0.2) is 0 Å². The molecular formula is C18H12N2O2S2. The second-order valence-electron chi connectivity index (χ2n) is 5.88. The quantitative estimate of drug-likeness (QED) is 0.873. The summed E-state index contributed by atoms with van der Waals surface area (Å²) in [5.74, 6) is -0.0813. The summed E-state index contributed by atoms with van der Waals surface area (Å²) in [7, 11) is 0. The fourth-order valence-electron chi connectivity index (χ4n) is 3.53. The summed E-state index contributed by atoms with van der Waals surface area (Å²) in [4.78, 5) is 26.8. The van der Waals surface area contributed by atoms with Gasteiger partial charge in [-0.1, -0.05) is 12.1 Å². The molecule has 1 atom stereocenters. The number of amides is 2. The van der Waals surface area contributed by atoms with Crippen LogP contribution in [-0.2, 0) is 9.59 Å². The monoisotopic (exact) mass is 352 g/mol. The maximum absolute atomic E-state index is 12.4. The van der Waals surface area contributed by atoms with Crippen molar-refractivity contribution in [1.29, 1.82) is 0 Å². The highest BCUT2D eigenvalue weighted by Gasteiger charge is 2.40. The van der Waals surface area contributed by atoms with Crippen LogP contribution in [0.4, 0.5) is 0 Å². The van der Waals surface area contributed by atoms with Gasteiger partial charge in [0.25, 0.3) is 11.8 Å². The third kappa shape index (κ3) is 1.90. The van der Waals surface area contributed by atoms with Gasteiger partial charge in [-0.15, -0.1) is 22.7 Å². The first-order chi connectivity index (χ1) is 11.7. The van der Waals surface area contributed by atoms with Crippen LogP contribution in [0, 0.1) is 0 Å². The molecule has 0 aromatic carbocycles. The van der Waals surface area contributed by atoms with E-state index in [4.69, 9.17) is 0 Å². The molecule has 4 heterocycles. The Labute approximate surface area is 146 Å². The number of rotatable bonds is 2. The molecule has 118 valence electrons. The number of nitrogens with one attached hydrogen (secondary N) is 2. The van der Waals surface area contributed by atoms with Crippen LogP contribution in [0.2, 0.25) is 0 Å². The number of carbonyl (C=O) groups excluding carboxylic acids is 2. The highest BCUT2D eigenvalue weighted by Crippen LogP contribution is 2.42. The summed E-state index contributed by atoms with van der Waals surface area (Å²) in [6, 6.07) is 7.76. The van der Waals surface area contributed by atoms with Crippen LogP contribution in [0.15, 0.2) is 57.9 Å². The van der Waals surface area contributed by atoms with Gasteiger partial charge in [-0.05, 0) is 46.5 Å². The molecule has 1 aliphatic carbocycles. The van der Waals surface area contributed by atoms with Crippen molar-refractivity contribution in [3.05, 3.63) is 67.7 Å². The Balaban J connectivity index is 1.68. The number of thiophene rings is 2. The summed E-state index contributed by atoms with van der Waals surface area (Å²) in [5, 5.41) is 9.98. The highest BCUT2D eigenvalue weighted by molar-refractivity contribution is 7.11. The second kappa shape index (κ2) is 5.03. The molecular weight excluding hydrogens is 340 g/mol. The summed E-state index contributed by atoms with van der Waals surface area (Å²) in [5.41, 5.74) is 4.30. The molecule has 0 saturated carbocycles. The summed E-state index contributed by atoms with van der Waals surface area (Å²) in [6.45, 7) is 0. The average Bonchev–Trinajstić information content (AvgIpc) is 3.29. The smallest absolute Gasteiger partial charge is 0.257 e. The molecule has 0 fully saturated rings. The Hall–Kier alpha value is -2.44. The first-order valence-electron chi connectivity index (χ1n) is 7.62. The standard InChI is InChI=1S/C18H12N2O2S2/c21-17-15(13-3-1-5-23-13)9-7-12-10(8-11(9)19-17)16(18(22)20-12)14-4-2-6-24-14/h1-7,11H,8H2,(H,19,21)(H,20,22). The SMILES string of the molecule is O=C1NC2=CC3=C(c4cccs4)C(=O)NC3CC2=C1c1cccs1. The van der Waals surface area contributed by atoms with E-state index in [0.717, 1.165) is 37.7 Å². The van der Waals surface area contributed by atoms with Crippen LogP contribution in [0.3, 0.4) is 0 Å². The molecule has 24 heavy (non-hydrogen) atoms. The normalized spacial score (nSPS) is 22.3. The third-order valence-electron chi connectivity index (χ3n) is 4.54. The van der Waals surface area contributed by atoms with Crippen molar-refractivity contribution >= 4 is 45.6 Å². The van der Waals surface area contributed by atoms with E-state index in [-0.39, 0.29) is 17.9 Å². The molecule has 2 aromatic rings.